The van der Waals surface area contributed by atoms with Gasteiger partial charge < -0.3 is 15.5 Å². The molecule has 0 saturated heterocycles. The van der Waals surface area contributed by atoms with E-state index < -0.39 is 0 Å². The van der Waals surface area contributed by atoms with Crippen LogP contribution in [0.2, 0.25) is 0 Å². The molecule has 1 fully saturated rings. The van der Waals surface area contributed by atoms with Crippen LogP contribution in [0, 0.1) is 0 Å². The van der Waals surface area contributed by atoms with E-state index in [4.69, 9.17) is 9.97 Å². The van der Waals surface area contributed by atoms with Gasteiger partial charge >= 0.3 is 0 Å². The molecular weight excluding hydrogens is 426 g/mol. The Morgan fingerprint density at radius 3 is 2.34 bits per heavy atom. The zero-order valence-electron chi connectivity index (χ0n) is 17.0. The van der Waals surface area contributed by atoms with Crippen molar-refractivity contribution in [1.29, 1.82) is 0 Å². The number of nitrogens with zero attached hydrogens (tertiary/aromatic N) is 3. The van der Waals surface area contributed by atoms with Gasteiger partial charge in [0.1, 0.15) is 5.82 Å². The standard InChI is InChI=1S/C23H28BrN5/c1-29(2)22-20-5-3-4-6-21(20)27-23(28-22)26-19-13-11-18(12-14-19)25-15-16-7-9-17(24)10-8-16/h3-10,18-19,25H,11-15H2,1-2H3,(H,26,27,28). The zero-order chi connectivity index (χ0) is 20.2. The first-order chi connectivity index (χ1) is 14.1. The van der Waals surface area contributed by atoms with E-state index in [9.17, 15) is 0 Å². The average molecular weight is 454 g/mol. The average Bonchev–Trinajstić information content (AvgIpc) is 2.74. The van der Waals surface area contributed by atoms with Crippen molar-refractivity contribution in [2.75, 3.05) is 24.3 Å². The van der Waals surface area contributed by atoms with Crippen molar-refractivity contribution in [3.05, 3.63) is 58.6 Å². The monoisotopic (exact) mass is 453 g/mol. The maximum Gasteiger partial charge on any atom is 0.225 e. The molecule has 1 aliphatic rings. The number of para-hydroxylation sites is 1. The minimum absolute atomic E-state index is 0.428. The summed E-state index contributed by atoms with van der Waals surface area (Å²) in [6.07, 6.45) is 4.60. The lowest BCUT2D eigenvalue weighted by Crippen LogP contribution is -2.37. The maximum atomic E-state index is 4.78. The van der Waals surface area contributed by atoms with Gasteiger partial charge in [-0.2, -0.15) is 4.98 Å². The number of benzene rings is 2. The highest BCUT2D eigenvalue weighted by Gasteiger charge is 2.22. The summed E-state index contributed by atoms with van der Waals surface area (Å²) >= 11 is 3.49. The smallest absolute Gasteiger partial charge is 0.225 e. The number of halogens is 1. The number of hydrogen-bond acceptors (Lipinski definition) is 5. The van der Waals surface area contributed by atoms with E-state index in [0.29, 0.717) is 12.1 Å². The van der Waals surface area contributed by atoms with Crippen molar-refractivity contribution in [2.45, 2.75) is 44.3 Å². The molecular formula is C23H28BrN5. The molecule has 1 heterocycles. The van der Waals surface area contributed by atoms with E-state index in [1.807, 2.05) is 26.2 Å². The van der Waals surface area contributed by atoms with E-state index in [1.54, 1.807) is 0 Å². The van der Waals surface area contributed by atoms with Crippen molar-refractivity contribution in [3.63, 3.8) is 0 Å². The van der Waals surface area contributed by atoms with Crippen molar-refractivity contribution in [1.82, 2.24) is 15.3 Å². The highest BCUT2D eigenvalue weighted by atomic mass is 79.9. The second-order valence-electron chi connectivity index (χ2n) is 7.98. The van der Waals surface area contributed by atoms with Gasteiger partial charge in [0.05, 0.1) is 5.52 Å². The summed E-state index contributed by atoms with van der Waals surface area (Å²) in [5.74, 6) is 1.70. The molecule has 2 N–H and O–H groups in total. The van der Waals surface area contributed by atoms with E-state index in [0.717, 1.165) is 46.5 Å². The molecule has 0 amide bonds. The topological polar surface area (TPSA) is 53.1 Å². The van der Waals surface area contributed by atoms with Crippen LogP contribution in [0.1, 0.15) is 31.2 Å². The van der Waals surface area contributed by atoms with Gasteiger partial charge in [-0.15, -0.1) is 0 Å². The van der Waals surface area contributed by atoms with Crippen LogP contribution < -0.4 is 15.5 Å². The predicted molar refractivity (Wildman–Crippen MR) is 125 cm³/mol. The molecule has 0 spiro atoms. The summed E-state index contributed by atoms with van der Waals surface area (Å²) in [6.45, 7) is 0.927. The maximum absolute atomic E-state index is 4.78. The lowest BCUT2D eigenvalue weighted by Gasteiger charge is -2.30. The molecule has 4 rings (SSSR count). The van der Waals surface area contributed by atoms with E-state index in [1.165, 1.54) is 18.4 Å². The Kier molecular flexibility index (Phi) is 6.31. The van der Waals surface area contributed by atoms with Gasteiger partial charge in [-0.1, -0.05) is 40.2 Å². The minimum atomic E-state index is 0.428. The summed E-state index contributed by atoms with van der Waals surface area (Å²) in [5.41, 5.74) is 2.31. The summed E-state index contributed by atoms with van der Waals surface area (Å²) in [7, 11) is 4.06. The molecule has 1 aromatic heterocycles. The molecule has 1 saturated carbocycles. The highest BCUT2D eigenvalue weighted by molar-refractivity contribution is 9.10. The third kappa shape index (κ3) is 5.06. The number of fused-ring (bicyclic) bond motifs is 1. The molecule has 5 nitrogen and oxygen atoms in total. The lowest BCUT2D eigenvalue weighted by atomic mass is 9.91. The van der Waals surface area contributed by atoms with Crippen LogP contribution in [0.3, 0.4) is 0 Å². The van der Waals surface area contributed by atoms with Crippen molar-refractivity contribution >= 4 is 38.6 Å². The summed E-state index contributed by atoms with van der Waals surface area (Å²) in [6, 6.07) is 17.7. The molecule has 3 aromatic rings. The Balaban J connectivity index is 1.34. The Labute approximate surface area is 181 Å². The third-order valence-corrected chi connectivity index (χ3v) is 6.10. The zero-order valence-corrected chi connectivity index (χ0v) is 18.6. The van der Waals surface area contributed by atoms with Crippen molar-refractivity contribution in [3.8, 4) is 0 Å². The molecule has 6 heteroatoms. The highest BCUT2D eigenvalue weighted by Crippen LogP contribution is 2.26. The fraction of sp³-hybridized carbons (Fsp3) is 0.391. The van der Waals surface area contributed by atoms with Crippen LogP contribution in [0.25, 0.3) is 10.9 Å². The molecule has 0 aliphatic heterocycles. The molecule has 0 atom stereocenters. The Hall–Kier alpha value is -2.18. The normalized spacial score (nSPS) is 19.3. The Bertz CT molecular complexity index is 949. The van der Waals surface area contributed by atoms with Crippen LogP contribution in [0.15, 0.2) is 53.0 Å². The quantitative estimate of drug-likeness (QED) is 0.551. The van der Waals surface area contributed by atoms with Gasteiger partial charge in [0, 0.05) is 42.6 Å². The van der Waals surface area contributed by atoms with Crippen LogP contribution in [-0.2, 0) is 6.54 Å². The number of aromatic nitrogens is 2. The van der Waals surface area contributed by atoms with Crippen LogP contribution in [0.4, 0.5) is 11.8 Å². The Morgan fingerprint density at radius 1 is 0.931 bits per heavy atom. The van der Waals surface area contributed by atoms with Gasteiger partial charge in [-0.3, -0.25) is 0 Å². The van der Waals surface area contributed by atoms with Gasteiger partial charge in [0.25, 0.3) is 0 Å². The van der Waals surface area contributed by atoms with Gasteiger partial charge in [-0.25, -0.2) is 4.98 Å². The molecule has 152 valence electrons. The van der Waals surface area contributed by atoms with Gasteiger partial charge in [0.15, 0.2) is 0 Å². The largest absolute Gasteiger partial charge is 0.362 e. The number of anilines is 2. The van der Waals surface area contributed by atoms with Crippen LogP contribution in [-0.4, -0.2) is 36.1 Å². The van der Waals surface area contributed by atoms with E-state index in [2.05, 4.69) is 67.9 Å². The fourth-order valence-corrected chi connectivity index (χ4v) is 4.22. The Morgan fingerprint density at radius 2 is 1.62 bits per heavy atom. The van der Waals surface area contributed by atoms with Crippen LogP contribution >= 0.6 is 15.9 Å². The second-order valence-corrected chi connectivity index (χ2v) is 8.90. The molecule has 0 bridgehead atoms. The summed E-state index contributed by atoms with van der Waals surface area (Å²) in [5, 5.41) is 8.38. The van der Waals surface area contributed by atoms with Crippen molar-refractivity contribution < 1.29 is 0 Å². The molecule has 1 aliphatic carbocycles. The van der Waals surface area contributed by atoms with Gasteiger partial charge in [-0.05, 0) is 55.5 Å². The van der Waals surface area contributed by atoms with E-state index >= 15 is 0 Å². The number of rotatable bonds is 6. The summed E-state index contributed by atoms with van der Waals surface area (Å²) < 4.78 is 1.13. The summed E-state index contributed by atoms with van der Waals surface area (Å²) in [4.78, 5) is 11.6. The molecule has 0 radical (unpaired) electrons. The predicted octanol–water partition coefficient (Wildman–Crippen LogP) is 4.97. The molecule has 29 heavy (non-hydrogen) atoms. The number of nitrogens with one attached hydrogen (secondary N) is 2. The second kappa shape index (κ2) is 9.09. The van der Waals surface area contributed by atoms with Crippen molar-refractivity contribution in [2.24, 2.45) is 0 Å². The third-order valence-electron chi connectivity index (χ3n) is 5.58. The first kappa shape index (κ1) is 20.1. The first-order valence-electron chi connectivity index (χ1n) is 10.3. The van der Waals surface area contributed by atoms with Crippen LogP contribution in [0.5, 0.6) is 0 Å². The van der Waals surface area contributed by atoms with E-state index in [-0.39, 0.29) is 0 Å². The molecule has 2 aromatic carbocycles. The first-order valence-corrected chi connectivity index (χ1v) is 11.1. The molecule has 0 unspecified atom stereocenters. The fourth-order valence-electron chi connectivity index (χ4n) is 3.95. The van der Waals surface area contributed by atoms with Gasteiger partial charge in [0.2, 0.25) is 5.95 Å². The SMILES string of the molecule is CN(C)c1nc(NC2CCC(NCc3ccc(Br)cc3)CC2)nc2ccccc12. The lowest BCUT2D eigenvalue weighted by molar-refractivity contribution is 0.352. The minimum Gasteiger partial charge on any atom is -0.362 e. The number of hydrogen-bond donors (Lipinski definition) is 2.